The number of likely N-dealkylation sites (tertiary alicyclic amines) is 1. The summed E-state index contributed by atoms with van der Waals surface area (Å²) >= 11 is 0. The number of aromatic carboxylic acids is 1. The fourth-order valence-electron chi connectivity index (χ4n) is 4.05. The van der Waals surface area contributed by atoms with Crippen molar-refractivity contribution in [3.8, 4) is 0 Å². The Morgan fingerprint density at radius 3 is 2.65 bits per heavy atom. The molecule has 1 aliphatic carbocycles. The summed E-state index contributed by atoms with van der Waals surface area (Å²) < 4.78 is 1.91. The number of carboxylic acid groups (broad SMARTS) is 1. The lowest BCUT2D eigenvalue weighted by molar-refractivity contribution is 0.0685. The molecule has 1 aromatic heterocycles. The molecule has 23 heavy (non-hydrogen) atoms. The highest BCUT2D eigenvalue weighted by molar-refractivity contribution is 5.87. The molecular weight excluding hydrogens is 294 g/mol. The van der Waals surface area contributed by atoms with Gasteiger partial charge in [-0.15, -0.1) is 0 Å². The molecule has 6 heteroatoms. The predicted octanol–water partition coefficient (Wildman–Crippen LogP) is 1.55. The molecule has 0 amide bonds. The van der Waals surface area contributed by atoms with Crippen molar-refractivity contribution in [2.75, 3.05) is 19.7 Å². The van der Waals surface area contributed by atoms with Gasteiger partial charge in [-0.05, 0) is 57.5 Å². The molecular formula is C17H27N3O3. The number of hydrogen-bond acceptors (Lipinski definition) is 4. The number of carbonyl (C=O) groups is 1. The first kappa shape index (κ1) is 16.5. The molecule has 3 rings (SSSR count). The molecule has 2 N–H and O–H groups in total. The van der Waals surface area contributed by atoms with Gasteiger partial charge in [0.1, 0.15) is 0 Å². The van der Waals surface area contributed by atoms with Crippen LogP contribution in [0.4, 0.5) is 0 Å². The number of aryl methyl sites for hydroxylation is 1. The van der Waals surface area contributed by atoms with Crippen molar-refractivity contribution in [3.05, 3.63) is 17.0 Å². The predicted molar refractivity (Wildman–Crippen MR) is 86.7 cm³/mol. The van der Waals surface area contributed by atoms with Gasteiger partial charge in [0.05, 0.1) is 0 Å². The number of rotatable bonds is 5. The molecule has 128 valence electrons. The van der Waals surface area contributed by atoms with Gasteiger partial charge < -0.3 is 15.1 Å². The molecule has 1 aliphatic heterocycles. The van der Waals surface area contributed by atoms with Crippen molar-refractivity contribution in [2.24, 2.45) is 5.92 Å². The van der Waals surface area contributed by atoms with Crippen LogP contribution in [0.5, 0.6) is 0 Å². The minimum Gasteiger partial charge on any atom is -0.476 e. The number of hydrogen-bond donors (Lipinski definition) is 2. The first-order valence-corrected chi connectivity index (χ1v) is 8.80. The standard InChI is InChI=1S/C17H27N3O3/c1-2-7-20-15-4-3-13(10-14(15)16(18-20)17(22)23)19-8-5-12(11-21)6-9-19/h12-13,21H,2-11H2,1H3,(H,22,23)/t13-/m0/s1. The Morgan fingerprint density at radius 1 is 1.30 bits per heavy atom. The van der Waals surface area contributed by atoms with E-state index in [9.17, 15) is 15.0 Å². The molecule has 6 nitrogen and oxygen atoms in total. The molecule has 2 heterocycles. The second kappa shape index (κ2) is 7.01. The highest BCUT2D eigenvalue weighted by atomic mass is 16.4. The third-order valence-corrected chi connectivity index (χ3v) is 5.38. The molecule has 0 radical (unpaired) electrons. The van der Waals surface area contributed by atoms with Crippen molar-refractivity contribution in [3.63, 3.8) is 0 Å². The molecule has 0 saturated carbocycles. The van der Waals surface area contributed by atoms with Gasteiger partial charge in [-0.3, -0.25) is 4.68 Å². The molecule has 1 atom stereocenters. The van der Waals surface area contributed by atoms with Gasteiger partial charge in [0.25, 0.3) is 0 Å². The summed E-state index contributed by atoms with van der Waals surface area (Å²) in [6, 6.07) is 0.416. The van der Waals surface area contributed by atoms with Crippen LogP contribution in [0.3, 0.4) is 0 Å². The van der Waals surface area contributed by atoms with Gasteiger partial charge in [0.15, 0.2) is 5.69 Å². The van der Waals surface area contributed by atoms with Crippen LogP contribution < -0.4 is 0 Å². The summed E-state index contributed by atoms with van der Waals surface area (Å²) in [5.74, 6) is -0.469. The molecule has 0 spiro atoms. The fraction of sp³-hybridized carbons (Fsp3) is 0.765. The average molecular weight is 321 g/mol. The second-order valence-electron chi connectivity index (χ2n) is 6.86. The first-order valence-electron chi connectivity index (χ1n) is 8.80. The van der Waals surface area contributed by atoms with E-state index >= 15 is 0 Å². The Hall–Kier alpha value is -1.40. The van der Waals surface area contributed by atoms with Gasteiger partial charge in [0, 0.05) is 30.5 Å². The molecule has 0 bridgehead atoms. The summed E-state index contributed by atoms with van der Waals surface area (Å²) in [6.07, 6.45) is 5.84. The maximum absolute atomic E-state index is 11.5. The summed E-state index contributed by atoms with van der Waals surface area (Å²) in [4.78, 5) is 14.0. The van der Waals surface area contributed by atoms with Crippen LogP contribution in [0.2, 0.25) is 0 Å². The van der Waals surface area contributed by atoms with E-state index in [-0.39, 0.29) is 12.3 Å². The highest BCUT2D eigenvalue weighted by Gasteiger charge is 2.33. The zero-order valence-corrected chi connectivity index (χ0v) is 13.9. The zero-order chi connectivity index (χ0) is 16.4. The minimum atomic E-state index is -0.907. The van der Waals surface area contributed by atoms with Crippen LogP contribution in [0.15, 0.2) is 0 Å². The van der Waals surface area contributed by atoms with E-state index in [4.69, 9.17) is 0 Å². The number of piperidine rings is 1. The van der Waals surface area contributed by atoms with E-state index in [1.807, 2.05) is 4.68 Å². The van der Waals surface area contributed by atoms with Crippen molar-refractivity contribution in [1.82, 2.24) is 14.7 Å². The Labute approximate surface area is 137 Å². The van der Waals surface area contributed by atoms with Crippen molar-refractivity contribution in [2.45, 2.75) is 58.0 Å². The number of fused-ring (bicyclic) bond motifs is 1. The number of nitrogens with zero attached hydrogens (tertiary/aromatic N) is 3. The Bertz CT molecular complexity index is 562. The average Bonchev–Trinajstić information content (AvgIpc) is 2.93. The van der Waals surface area contributed by atoms with Crippen LogP contribution in [0.1, 0.15) is 54.4 Å². The smallest absolute Gasteiger partial charge is 0.356 e. The lowest BCUT2D eigenvalue weighted by atomic mass is 9.88. The number of carboxylic acids is 1. The monoisotopic (exact) mass is 321 g/mol. The normalized spacial score (nSPS) is 23.0. The molecule has 0 aromatic carbocycles. The Morgan fingerprint density at radius 2 is 2.04 bits per heavy atom. The molecule has 0 unspecified atom stereocenters. The third-order valence-electron chi connectivity index (χ3n) is 5.38. The largest absolute Gasteiger partial charge is 0.476 e. The summed E-state index contributed by atoms with van der Waals surface area (Å²) in [6.45, 7) is 5.19. The van der Waals surface area contributed by atoms with Crippen LogP contribution in [0, 0.1) is 5.92 Å². The van der Waals surface area contributed by atoms with Crippen LogP contribution >= 0.6 is 0 Å². The first-order chi connectivity index (χ1) is 11.1. The molecule has 1 aromatic rings. The number of aliphatic hydroxyl groups is 1. The Balaban J connectivity index is 1.76. The maximum Gasteiger partial charge on any atom is 0.356 e. The third kappa shape index (κ3) is 3.28. The van der Waals surface area contributed by atoms with E-state index < -0.39 is 5.97 Å². The zero-order valence-electron chi connectivity index (χ0n) is 13.9. The van der Waals surface area contributed by atoms with Crippen molar-refractivity contribution < 1.29 is 15.0 Å². The number of aliphatic hydroxyl groups excluding tert-OH is 1. The lowest BCUT2D eigenvalue weighted by Gasteiger charge is -2.39. The minimum absolute atomic E-state index is 0.253. The van der Waals surface area contributed by atoms with Gasteiger partial charge in [0.2, 0.25) is 0 Å². The summed E-state index contributed by atoms with van der Waals surface area (Å²) in [5.41, 5.74) is 2.33. The van der Waals surface area contributed by atoms with Gasteiger partial charge in [-0.2, -0.15) is 5.10 Å². The van der Waals surface area contributed by atoms with Crippen molar-refractivity contribution in [1.29, 1.82) is 0 Å². The fourth-order valence-corrected chi connectivity index (χ4v) is 4.05. The molecule has 1 saturated heterocycles. The van der Waals surface area contributed by atoms with E-state index in [1.165, 1.54) is 0 Å². The van der Waals surface area contributed by atoms with E-state index in [0.717, 1.165) is 69.4 Å². The van der Waals surface area contributed by atoms with Crippen LogP contribution in [-0.2, 0) is 19.4 Å². The van der Waals surface area contributed by atoms with Gasteiger partial charge in [-0.25, -0.2) is 4.79 Å². The van der Waals surface area contributed by atoms with Gasteiger partial charge in [-0.1, -0.05) is 6.92 Å². The van der Waals surface area contributed by atoms with E-state index in [2.05, 4.69) is 16.9 Å². The topological polar surface area (TPSA) is 78.6 Å². The quantitative estimate of drug-likeness (QED) is 0.860. The maximum atomic E-state index is 11.5. The van der Waals surface area contributed by atoms with Crippen molar-refractivity contribution >= 4 is 5.97 Å². The summed E-state index contributed by atoms with van der Waals surface area (Å²) in [5, 5.41) is 23.1. The molecule has 1 fully saturated rings. The van der Waals surface area contributed by atoms with Crippen LogP contribution in [-0.4, -0.2) is 56.6 Å². The second-order valence-corrected chi connectivity index (χ2v) is 6.86. The number of aromatic nitrogens is 2. The van der Waals surface area contributed by atoms with Crippen LogP contribution in [0.25, 0.3) is 0 Å². The van der Waals surface area contributed by atoms with Gasteiger partial charge >= 0.3 is 5.97 Å². The van der Waals surface area contributed by atoms with E-state index in [1.54, 1.807) is 0 Å². The van der Waals surface area contributed by atoms with E-state index in [0.29, 0.717) is 12.0 Å². The highest BCUT2D eigenvalue weighted by Crippen LogP contribution is 2.30. The summed E-state index contributed by atoms with van der Waals surface area (Å²) in [7, 11) is 0. The lowest BCUT2D eigenvalue weighted by Crippen LogP contribution is -2.44. The SMILES string of the molecule is CCCn1nc(C(=O)O)c2c1CC[C@H](N1CCC(CO)CC1)C2. The molecule has 2 aliphatic rings. The Kier molecular flexibility index (Phi) is 5.02.